The Morgan fingerprint density at radius 3 is 1.13 bits per heavy atom. The Balaban J connectivity index is 1.04. The van der Waals surface area contributed by atoms with Gasteiger partial charge in [-0.3, -0.25) is 0 Å². The second-order valence-electron chi connectivity index (χ2n) is 15.4. The van der Waals surface area contributed by atoms with Gasteiger partial charge in [0.05, 0.1) is 5.69 Å². The molecule has 0 fully saturated rings. The van der Waals surface area contributed by atoms with Crippen molar-refractivity contribution in [3.05, 3.63) is 249 Å². The van der Waals surface area contributed by atoms with Crippen LogP contribution in [0.4, 0.5) is 50.5 Å². The smallest absolute Gasteiger partial charge is 0.126 e. The minimum atomic E-state index is 1.10. The molecular formula is C58H41N3S. The maximum atomic E-state index is 2.41. The van der Waals surface area contributed by atoms with Crippen LogP contribution in [0.5, 0.6) is 0 Å². The molecule has 0 unspecified atom stereocenters. The lowest BCUT2D eigenvalue weighted by Gasteiger charge is -2.31. The van der Waals surface area contributed by atoms with E-state index in [1.807, 2.05) is 11.3 Å². The predicted octanol–water partition coefficient (Wildman–Crippen LogP) is 17.3. The van der Waals surface area contributed by atoms with Crippen LogP contribution in [0, 0.1) is 0 Å². The molecule has 294 valence electrons. The SMILES string of the molecule is c1ccc(N(c2ccccc2)c2ccc3cc4cc(-c5ccc6c(N(c7ccccc7)c7ccccc7)c(N(c7ccccc7)c7ccccc7)sc6c5)ccc4cc3c2)cc1. The first-order valence-corrected chi connectivity index (χ1v) is 21.8. The topological polar surface area (TPSA) is 9.72 Å². The number of benzene rings is 10. The minimum Gasteiger partial charge on any atom is -0.310 e. The van der Waals surface area contributed by atoms with Crippen LogP contribution in [0.25, 0.3) is 42.8 Å². The highest BCUT2D eigenvalue weighted by molar-refractivity contribution is 7.24. The molecule has 1 aromatic heterocycles. The van der Waals surface area contributed by atoms with Crippen LogP contribution in [0.3, 0.4) is 0 Å². The summed E-state index contributed by atoms with van der Waals surface area (Å²) in [6.45, 7) is 0. The third kappa shape index (κ3) is 7.02. The maximum Gasteiger partial charge on any atom is 0.126 e. The van der Waals surface area contributed by atoms with E-state index in [9.17, 15) is 0 Å². The Labute approximate surface area is 366 Å². The summed E-state index contributed by atoms with van der Waals surface area (Å²) in [6.07, 6.45) is 0. The number of fused-ring (bicyclic) bond motifs is 3. The number of rotatable bonds is 10. The van der Waals surface area contributed by atoms with Gasteiger partial charge in [0, 0.05) is 49.9 Å². The van der Waals surface area contributed by atoms with E-state index in [4.69, 9.17) is 0 Å². The van der Waals surface area contributed by atoms with Crippen LogP contribution in [-0.2, 0) is 0 Å². The maximum absolute atomic E-state index is 2.41. The van der Waals surface area contributed by atoms with E-state index in [2.05, 4.69) is 263 Å². The summed E-state index contributed by atoms with van der Waals surface area (Å²) in [4.78, 5) is 7.14. The number of thiophene rings is 1. The zero-order valence-electron chi connectivity index (χ0n) is 33.9. The lowest BCUT2D eigenvalue weighted by Crippen LogP contribution is -2.15. The van der Waals surface area contributed by atoms with Crippen molar-refractivity contribution in [2.24, 2.45) is 0 Å². The van der Waals surface area contributed by atoms with Gasteiger partial charge < -0.3 is 14.7 Å². The first-order valence-electron chi connectivity index (χ1n) is 21.0. The van der Waals surface area contributed by atoms with E-state index < -0.39 is 0 Å². The van der Waals surface area contributed by atoms with Crippen LogP contribution in [0.15, 0.2) is 249 Å². The molecule has 4 heteroatoms. The molecule has 0 atom stereocenters. The predicted molar refractivity (Wildman–Crippen MR) is 266 cm³/mol. The van der Waals surface area contributed by atoms with Crippen molar-refractivity contribution in [2.45, 2.75) is 0 Å². The molecule has 0 aliphatic heterocycles. The summed E-state index contributed by atoms with van der Waals surface area (Å²) in [6, 6.07) is 89.4. The van der Waals surface area contributed by atoms with Gasteiger partial charge in [-0.25, -0.2) is 0 Å². The second-order valence-corrected chi connectivity index (χ2v) is 16.5. The molecule has 0 amide bonds. The van der Waals surface area contributed by atoms with Crippen molar-refractivity contribution in [2.75, 3.05) is 14.7 Å². The molecule has 0 spiro atoms. The van der Waals surface area contributed by atoms with E-state index in [0.717, 1.165) is 50.5 Å². The average molecular weight is 812 g/mol. The number of hydrogen-bond acceptors (Lipinski definition) is 4. The molecule has 0 radical (unpaired) electrons. The first kappa shape index (κ1) is 37.1. The Morgan fingerprint density at radius 2 is 0.645 bits per heavy atom. The second kappa shape index (κ2) is 16.3. The zero-order valence-corrected chi connectivity index (χ0v) is 34.7. The van der Waals surface area contributed by atoms with Gasteiger partial charge >= 0.3 is 0 Å². The van der Waals surface area contributed by atoms with Gasteiger partial charge in [0.15, 0.2) is 0 Å². The third-order valence-electron chi connectivity index (χ3n) is 11.5. The van der Waals surface area contributed by atoms with Crippen molar-refractivity contribution in [3.8, 4) is 11.1 Å². The van der Waals surface area contributed by atoms with Gasteiger partial charge in [0.1, 0.15) is 5.00 Å². The fourth-order valence-electron chi connectivity index (χ4n) is 8.62. The summed E-state index contributed by atoms with van der Waals surface area (Å²) < 4.78 is 1.22. The summed E-state index contributed by atoms with van der Waals surface area (Å²) in [5, 5.41) is 7.20. The molecule has 0 saturated carbocycles. The summed E-state index contributed by atoms with van der Waals surface area (Å²) in [7, 11) is 0. The van der Waals surface area contributed by atoms with Crippen LogP contribution in [-0.4, -0.2) is 0 Å². The number of anilines is 9. The minimum absolute atomic E-state index is 1.10. The van der Waals surface area contributed by atoms with Gasteiger partial charge in [0.25, 0.3) is 0 Å². The van der Waals surface area contributed by atoms with E-state index in [0.29, 0.717) is 0 Å². The van der Waals surface area contributed by atoms with Gasteiger partial charge in [-0.05, 0) is 142 Å². The molecule has 0 bridgehead atoms. The average Bonchev–Trinajstić information content (AvgIpc) is 3.70. The summed E-state index contributed by atoms with van der Waals surface area (Å²) >= 11 is 1.83. The van der Waals surface area contributed by atoms with Crippen molar-refractivity contribution in [3.63, 3.8) is 0 Å². The molecule has 1 heterocycles. The number of para-hydroxylation sites is 6. The largest absolute Gasteiger partial charge is 0.310 e. The molecule has 11 rings (SSSR count). The Bertz CT molecular complexity index is 3160. The molecule has 3 nitrogen and oxygen atoms in total. The lowest BCUT2D eigenvalue weighted by atomic mass is 9.97. The van der Waals surface area contributed by atoms with Crippen molar-refractivity contribution >= 4 is 93.5 Å². The van der Waals surface area contributed by atoms with Crippen molar-refractivity contribution in [1.82, 2.24) is 0 Å². The van der Waals surface area contributed by atoms with E-state index in [1.54, 1.807) is 0 Å². The van der Waals surface area contributed by atoms with Crippen LogP contribution in [0.1, 0.15) is 0 Å². The Kier molecular flexibility index (Phi) is 9.74. The third-order valence-corrected chi connectivity index (χ3v) is 12.7. The quantitative estimate of drug-likeness (QED) is 0.127. The fraction of sp³-hybridized carbons (Fsp3) is 0. The highest BCUT2D eigenvalue weighted by Gasteiger charge is 2.27. The van der Waals surface area contributed by atoms with Gasteiger partial charge in [-0.2, -0.15) is 0 Å². The molecular weight excluding hydrogens is 771 g/mol. The molecule has 10 aromatic carbocycles. The standard InChI is InChI=1S/C58H41N3S/c1-7-19-48(20-8-1)59(49-21-9-2-10-22-49)54-35-33-44-38-46-37-42(31-32-43(46)39-47(44)40-54)45-34-36-55-56(41-45)62-58(61(52-27-15-5-16-28-52)53-29-17-6-18-30-53)57(55)60(50-23-11-3-12-24-50)51-25-13-4-14-26-51/h1-41H. The Morgan fingerprint density at radius 1 is 0.258 bits per heavy atom. The number of hydrogen-bond donors (Lipinski definition) is 0. The van der Waals surface area contributed by atoms with E-state index in [1.165, 1.54) is 42.8 Å². The van der Waals surface area contributed by atoms with Crippen molar-refractivity contribution in [1.29, 1.82) is 0 Å². The zero-order chi connectivity index (χ0) is 41.2. The van der Waals surface area contributed by atoms with Gasteiger partial charge in [-0.15, -0.1) is 11.3 Å². The van der Waals surface area contributed by atoms with E-state index >= 15 is 0 Å². The van der Waals surface area contributed by atoms with Gasteiger partial charge in [0.2, 0.25) is 0 Å². The van der Waals surface area contributed by atoms with Gasteiger partial charge in [-0.1, -0.05) is 140 Å². The van der Waals surface area contributed by atoms with Crippen LogP contribution >= 0.6 is 11.3 Å². The molecule has 0 aliphatic carbocycles. The highest BCUT2D eigenvalue weighted by atomic mass is 32.1. The molecule has 11 aromatic rings. The highest BCUT2D eigenvalue weighted by Crippen LogP contribution is 2.54. The monoisotopic (exact) mass is 811 g/mol. The van der Waals surface area contributed by atoms with Crippen LogP contribution in [0.2, 0.25) is 0 Å². The summed E-state index contributed by atoms with van der Waals surface area (Å²) in [5.41, 5.74) is 11.3. The van der Waals surface area contributed by atoms with Crippen molar-refractivity contribution < 1.29 is 0 Å². The fourth-order valence-corrected chi connectivity index (χ4v) is 9.89. The normalized spacial score (nSPS) is 11.2. The summed E-state index contributed by atoms with van der Waals surface area (Å²) in [5.74, 6) is 0. The number of nitrogens with zero attached hydrogens (tertiary/aromatic N) is 3. The molecule has 0 aliphatic rings. The van der Waals surface area contributed by atoms with E-state index in [-0.39, 0.29) is 0 Å². The first-order chi connectivity index (χ1) is 30.7. The lowest BCUT2D eigenvalue weighted by molar-refractivity contribution is 1.26. The molecule has 0 saturated heterocycles. The molecule has 62 heavy (non-hydrogen) atoms. The Hall–Kier alpha value is -7.92. The molecule has 0 N–H and O–H groups in total. The van der Waals surface area contributed by atoms with Crippen LogP contribution < -0.4 is 14.7 Å².